The number of amides is 2. The summed E-state index contributed by atoms with van der Waals surface area (Å²) in [5.74, 6) is -0.864. The van der Waals surface area contributed by atoms with Crippen LogP contribution in [0.1, 0.15) is 45.2 Å². The number of nitrogens with zero attached hydrogens (tertiary/aromatic N) is 1. The summed E-state index contributed by atoms with van der Waals surface area (Å²) in [6, 6.07) is 8.07. The highest BCUT2D eigenvalue weighted by molar-refractivity contribution is 5.90. The summed E-state index contributed by atoms with van der Waals surface area (Å²) in [4.78, 5) is 26.8. The van der Waals surface area contributed by atoms with Gasteiger partial charge in [0.15, 0.2) is 0 Å². The van der Waals surface area contributed by atoms with E-state index in [1.165, 1.54) is 0 Å². The first kappa shape index (κ1) is 18.5. The molecule has 5 nitrogen and oxygen atoms in total. The summed E-state index contributed by atoms with van der Waals surface area (Å²) in [6.45, 7) is 10.7. The van der Waals surface area contributed by atoms with Gasteiger partial charge in [0.1, 0.15) is 0 Å². The number of hydrogen-bond donors (Lipinski definition) is 2. The zero-order valence-electron chi connectivity index (χ0n) is 15.2. The molecule has 2 atom stereocenters. The minimum atomic E-state index is -0.550. The monoisotopic (exact) mass is 332 g/mol. The lowest BCUT2D eigenvalue weighted by Crippen LogP contribution is -2.46. The van der Waals surface area contributed by atoms with Crippen LogP contribution in [0.15, 0.2) is 24.3 Å². The Labute approximate surface area is 144 Å². The number of benzene rings is 1. The highest BCUT2D eigenvalue weighted by Gasteiger charge is 2.46. The van der Waals surface area contributed by atoms with Crippen molar-refractivity contribution in [2.45, 2.75) is 46.5 Å². The number of carbonyl (C=O) groups is 2. The van der Waals surface area contributed by atoms with Gasteiger partial charge in [-0.2, -0.15) is 0 Å². The van der Waals surface area contributed by atoms with Crippen LogP contribution in [0.3, 0.4) is 0 Å². The summed E-state index contributed by atoms with van der Waals surface area (Å²) in [7, 11) is 0. The second-order valence-corrected chi connectivity index (χ2v) is 8.09. The van der Waals surface area contributed by atoms with Crippen LogP contribution in [-0.4, -0.2) is 35.0 Å². The Balaban J connectivity index is 2.21. The molecule has 1 saturated heterocycles. The lowest BCUT2D eigenvalue weighted by Gasteiger charge is -2.33. The molecule has 0 spiro atoms. The quantitative estimate of drug-likeness (QED) is 0.658. The average Bonchev–Trinajstić information content (AvgIpc) is 2.80. The molecular weight excluding hydrogens is 304 g/mol. The molecule has 0 bridgehead atoms. The molecule has 24 heavy (non-hydrogen) atoms. The molecule has 1 aliphatic rings. The summed E-state index contributed by atoms with van der Waals surface area (Å²) in [6.07, 6.45) is 0.729. The second kappa shape index (κ2) is 6.55. The number of aryl methyl sites for hydroxylation is 1. The van der Waals surface area contributed by atoms with Gasteiger partial charge in [0, 0.05) is 13.1 Å². The van der Waals surface area contributed by atoms with Crippen molar-refractivity contribution in [2.75, 3.05) is 13.1 Å². The van der Waals surface area contributed by atoms with Crippen molar-refractivity contribution in [3.63, 3.8) is 0 Å². The lowest BCUT2D eigenvalue weighted by atomic mass is 9.79. The third kappa shape index (κ3) is 3.46. The van der Waals surface area contributed by atoms with E-state index in [0.717, 1.165) is 17.5 Å². The van der Waals surface area contributed by atoms with E-state index in [2.05, 4.69) is 0 Å². The molecule has 1 aromatic carbocycles. The maximum absolute atomic E-state index is 13.0. The molecule has 0 aromatic heterocycles. The molecule has 0 aliphatic carbocycles. The summed E-state index contributed by atoms with van der Waals surface area (Å²) >= 11 is 0. The van der Waals surface area contributed by atoms with Gasteiger partial charge in [-0.1, -0.05) is 50.6 Å². The fraction of sp³-hybridized carbons (Fsp3) is 0.579. The van der Waals surface area contributed by atoms with Crippen molar-refractivity contribution in [2.24, 2.45) is 11.3 Å². The van der Waals surface area contributed by atoms with E-state index in [4.69, 9.17) is 5.21 Å². The van der Waals surface area contributed by atoms with Gasteiger partial charge in [-0.25, -0.2) is 5.48 Å². The molecule has 0 radical (unpaired) electrons. The van der Waals surface area contributed by atoms with Crippen LogP contribution in [0.2, 0.25) is 0 Å². The smallest absolute Gasteiger partial charge is 0.248 e. The SMILES string of the molecule is Cc1ccc(C2(C)CCN(C[C@@H](C(=O)NO)C(C)(C)C)C2=O)cc1. The lowest BCUT2D eigenvalue weighted by molar-refractivity contribution is -0.140. The van der Waals surface area contributed by atoms with E-state index < -0.39 is 17.2 Å². The number of likely N-dealkylation sites (tertiary alicyclic amines) is 1. The maximum Gasteiger partial charge on any atom is 0.248 e. The number of rotatable bonds is 4. The van der Waals surface area contributed by atoms with Crippen molar-refractivity contribution >= 4 is 11.8 Å². The first-order valence-electron chi connectivity index (χ1n) is 8.40. The van der Waals surface area contributed by atoms with E-state index in [0.29, 0.717) is 13.1 Å². The van der Waals surface area contributed by atoms with Crippen molar-refractivity contribution in [3.8, 4) is 0 Å². The number of nitrogens with one attached hydrogen (secondary N) is 1. The number of hydroxylamine groups is 1. The van der Waals surface area contributed by atoms with Crippen molar-refractivity contribution in [1.29, 1.82) is 0 Å². The van der Waals surface area contributed by atoms with E-state index in [-0.39, 0.29) is 11.3 Å². The van der Waals surface area contributed by atoms with Crippen LogP contribution in [0.5, 0.6) is 0 Å². The molecule has 132 valence electrons. The van der Waals surface area contributed by atoms with Gasteiger partial charge < -0.3 is 4.90 Å². The molecule has 2 rings (SSSR count). The van der Waals surface area contributed by atoms with E-state index in [1.54, 1.807) is 10.4 Å². The summed E-state index contributed by atoms with van der Waals surface area (Å²) < 4.78 is 0. The van der Waals surface area contributed by atoms with Gasteiger partial charge in [0.25, 0.3) is 0 Å². The van der Waals surface area contributed by atoms with Gasteiger partial charge in [-0.15, -0.1) is 0 Å². The van der Waals surface area contributed by atoms with E-state index >= 15 is 0 Å². The molecule has 1 fully saturated rings. The molecule has 5 heteroatoms. The Bertz CT molecular complexity index is 618. The first-order chi connectivity index (χ1) is 11.1. The molecule has 1 heterocycles. The van der Waals surface area contributed by atoms with Crippen LogP contribution in [0.25, 0.3) is 0 Å². The zero-order valence-corrected chi connectivity index (χ0v) is 15.2. The predicted octanol–water partition coefficient (Wildman–Crippen LogP) is 2.65. The fourth-order valence-electron chi connectivity index (χ4n) is 3.33. The largest absolute Gasteiger partial charge is 0.341 e. The third-order valence-electron chi connectivity index (χ3n) is 5.20. The predicted molar refractivity (Wildman–Crippen MR) is 92.6 cm³/mol. The Morgan fingerprint density at radius 2 is 1.92 bits per heavy atom. The van der Waals surface area contributed by atoms with Crippen molar-refractivity contribution in [3.05, 3.63) is 35.4 Å². The van der Waals surface area contributed by atoms with Crippen LogP contribution in [0.4, 0.5) is 0 Å². The van der Waals surface area contributed by atoms with Gasteiger partial charge in [0.05, 0.1) is 11.3 Å². The van der Waals surface area contributed by atoms with Crippen molar-refractivity contribution < 1.29 is 14.8 Å². The maximum atomic E-state index is 13.0. The van der Waals surface area contributed by atoms with Crippen LogP contribution in [0, 0.1) is 18.3 Å². The zero-order chi connectivity index (χ0) is 18.1. The number of carbonyl (C=O) groups excluding carboxylic acids is 2. The molecule has 0 saturated carbocycles. The summed E-state index contributed by atoms with van der Waals surface area (Å²) in [5.41, 5.74) is 3.02. The van der Waals surface area contributed by atoms with E-state index in [9.17, 15) is 9.59 Å². The Morgan fingerprint density at radius 1 is 1.33 bits per heavy atom. The molecule has 1 aliphatic heterocycles. The topological polar surface area (TPSA) is 69.6 Å². The van der Waals surface area contributed by atoms with Gasteiger partial charge in [-0.3, -0.25) is 14.8 Å². The minimum absolute atomic E-state index is 0.0475. The molecule has 1 aromatic rings. The Hall–Kier alpha value is -1.88. The second-order valence-electron chi connectivity index (χ2n) is 8.09. The number of hydrogen-bond acceptors (Lipinski definition) is 3. The summed E-state index contributed by atoms with van der Waals surface area (Å²) in [5, 5.41) is 9.01. The molecular formula is C19H28N2O3. The molecule has 1 unspecified atom stereocenters. The van der Waals surface area contributed by atoms with Crippen LogP contribution >= 0.6 is 0 Å². The Morgan fingerprint density at radius 3 is 2.42 bits per heavy atom. The Kier molecular flexibility index (Phi) is 5.04. The standard InChI is InChI=1S/C19H28N2O3/c1-13-6-8-14(9-7-13)19(5)10-11-21(17(19)23)12-15(16(22)20-24)18(2,3)4/h6-9,15,24H,10-12H2,1-5H3,(H,20,22)/t15-,19?/m0/s1. The van der Waals surface area contributed by atoms with Crippen LogP contribution < -0.4 is 5.48 Å². The third-order valence-corrected chi connectivity index (χ3v) is 5.20. The highest BCUT2D eigenvalue weighted by Crippen LogP contribution is 2.37. The highest BCUT2D eigenvalue weighted by atomic mass is 16.5. The van der Waals surface area contributed by atoms with Crippen molar-refractivity contribution in [1.82, 2.24) is 10.4 Å². The van der Waals surface area contributed by atoms with Gasteiger partial charge >= 0.3 is 0 Å². The fourth-order valence-corrected chi connectivity index (χ4v) is 3.33. The normalized spacial score (nSPS) is 22.6. The average molecular weight is 332 g/mol. The van der Waals surface area contributed by atoms with E-state index in [1.807, 2.05) is 58.9 Å². The molecule has 2 amide bonds. The van der Waals surface area contributed by atoms with Gasteiger partial charge in [-0.05, 0) is 31.2 Å². The van der Waals surface area contributed by atoms with Gasteiger partial charge in [0.2, 0.25) is 11.8 Å². The minimum Gasteiger partial charge on any atom is -0.341 e. The molecule has 2 N–H and O–H groups in total. The van der Waals surface area contributed by atoms with Crippen LogP contribution in [-0.2, 0) is 15.0 Å². The first-order valence-corrected chi connectivity index (χ1v) is 8.40.